The van der Waals surface area contributed by atoms with E-state index in [1.165, 1.54) is 0 Å². The molecule has 0 heterocycles. The van der Waals surface area contributed by atoms with Crippen molar-refractivity contribution < 1.29 is 14.3 Å². The maximum Gasteiger partial charge on any atom is 0.220 e. The molecule has 0 aliphatic heterocycles. The molecule has 28 heavy (non-hydrogen) atoms. The normalized spacial score (nSPS) is 11.8. The van der Waals surface area contributed by atoms with Crippen molar-refractivity contribution in [1.29, 1.82) is 0 Å². The van der Waals surface area contributed by atoms with Crippen molar-refractivity contribution >= 4 is 16.7 Å². The molecule has 3 rings (SSSR count). The predicted molar refractivity (Wildman–Crippen MR) is 113 cm³/mol. The SMILES string of the molecule is CCOc1ccc(COc2ccc3cc(C(C)NC(=O)CC)ccc3c2)cc1. The lowest BCUT2D eigenvalue weighted by atomic mass is 10.0. The Hall–Kier alpha value is -3.01. The minimum absolute atomic E-state index is 0.00700. The van der Waals surface area contributed by atoms with Crippen molar-refractivity contribution in [3.05, 3.63) is 71.8 Å². The quantitative estimate of drug-likeness (QED) is 0.571. The standard InChI is InChI=1S/C24H27NO3/c1-4-24(26)25-17(3)19-8-9-21-15-23(13-10-20(21)14-19)28-16-18-6-11-22(12-7-18)27-5-2/h6-15,17H,4-5,16H2,1-3H3,(H,25,26). The molecular weight excluding hydrogens is 350 g/mol. The molecular formula is C24H27NO3. The fourth-order valence-electron chi connectivity index (χ4n) is 3.04. The molecule has 0 bridgehead atoms. The molecule has 0 saturated carbocycles. The summed E-state index contributed by atoms with van der Waals surface area (Å²) in [7, 11) is 0. The summed E-state index contributed by atoms with van der Waals surface area (Å²) in [5.41, 5.74) is 2.19. The summed E-state index contributed by atoms with van der Waals surface area (Å²) in [6, 6.07) is 20.3. The number of rotatable bonds is 8. The Morgan fingerprint density at radius 1 is 0.893 bits per heavy atom. The van der Waals surface area contributed by atoms with Crippen molar-refractivity contribution in [2.45, 2.75) is 39.8 Å². The Balaban J connectivity index is 1.67. The zero-order valence-electron chi connectivity index (χ0n) is 16.7. The van der Waals surface area contributed by atoms with Gasteiger partial charge in [0.2, 0.25) is 5.91 Å². The number of ether oxygens (including phenoxy) is 2. The highest BCUT2D eigenvalue weighted by molar-refractivity contribution is 5.85. The maximum atomic E-state index is 11.6. The van der Waals surface area contributed by atoms with Crippen LogP contribution in [0.1, 0.15) is 44.4 Å². The summed E-state index contributed by atoms with van der Waals surface area (Å²) in [4.78, 5) is 11.6. The lowest BCUT2D eigenvalue weighted by molar-refractivity contribution is -0.121. The van der Waals surface area contributed by atoms with Gasteiger partial charge >= 0.3 is 0 Å². The van der Waals surface area contributed by atoms with E-state index in [9.17, 15) is 4.79 Å². The van der Waals surface area contributed by atoms with Crippen molar-refractivity contribution in [1.82, 2.24) is 5.32 Å². The molecule has 1 N–H and O–H groups in total. The van der Waals surface area contributed by atoms with Crippen molar-refractivity contribution in [3.63, 3.8) is 0 Å². The molecule has 0 saturated heterocycles. The molecule has 1 amide bonds. The Labute approximate surface area is 166 Å². The fraction of sp³-hybridized carbons (Fsp3) is 0.292. The van der Waals surface area contributed by atoms with Crippen LogP contribution in [0.4, 0.5) is 0 Å². The van der Waals surface area contributed by atoms with Crippen molar-refractivity contribution in [3.8, 4) is 11.5 Å². The largest absolute Gasteiger partial charge is 0.494 e. The Bertz CT molecular complexity index is 934. The minimum Gasteiger partial charge on any atom is -0.494 e. The third-order valence-corrected chi connectivity index (χ3v) is 4.67. The Morgan fingerprint density at radius 3 is 2.29 bits per heavy atom. The average Bonchev–Trinajstić information content (AvgIpc) is 2.72. The summed E-state index contributed by atoms with van der Waals surface area (Å²) in [5, 5.41) is 5.24. The van der Waals surface area contributed by atoms with E-state index in [1.807, 2.05) is 57.2 Å². The van der Waals surface area contributed by atoms with Gasteiger partial charge in [0.1, 0.15) is 18.1 Å². The summed E-state index contributed by atoms with van der Waals surface area (Å²) in [6.45, 7) is 7.01. The van der Waals surface area contributed by atoms with E-state index in [0.717, 1.165) is 33.4 Å². The number of benzene rings is 3. The number of amides is 1. The molecule has 0 radical (unpaired) electrons. The molecule has 0 fully saturated rings. The van der Waals surface area contributed by atoms with Gasteiger partial charge in [0.25, 0.3) is 0 Å². The fourth-order valence-corrected chi connectivity index (χ4v) is 3.04. The first-order chi connectivity index (χ1) is 13.6. The lowest BCUT2D eigenvalue weighted by Gasteiger charge is -2.15. The van der Waals surface area contributed by atoms with Crippen molar-refractivity contribution in [2.75, 3.05) is 6.61 Å². The molecule has 1 atom stereocenters. The van der Waals surface area contributed by atoms with E-state index in [4.69, 9.17) is 9.47 Å². The summed E-state index contributed by atoms with van der Waals surface area (Å²) in [5.74, 6) is 1.77. The summed E-state index contributed by atoms with van der Waals surface area (Å²) >= 11 is 0. The molecule has 0 aromatic heterocycles. The number of nitrogens with one attached hydrogen (secondary N) is 1. The van der Waals surface area contributed by atoms with Crippen LogP contribution in [0.15, 0.2) is 60.7 Å². The average molecular weight is 377 g/mol. The first kappa shape index (κ1) is 19.7. The van der Waals surface area contributed by atoms with E-state index >= 15 is 0 Å². The van der Waals surface area contributed by atoms with Gasteiger partial charge in [-0.3, -0.25) is 4.79 Å². The first-order valence-corrected chi connectivity index (χ1v) is 9.76. The zero-order chi connectivity index (χ0) is 19.9. The second kappa shape index (κ2) is 9.27. The topological polar surface area (TPSA) is 47.6 Å². The van der Waals surface area contributed by atoms with Gasteiger partial charge in [-0.1, -0.05) is 37.3 Å². The predicted octanol–water partition coefficient (Wildman–Crippen LogP) is 5.40. The molecule has 4 nitrogen and oxygen atoms in total. The molecule has 0 spiro atoms. The van der Waals surface area contributed by atoms with Gasteiger partial charge < -0.3 is 14.8 Å². The highest BCUT2D eigenvalue weighted by Crippen LogP contribution is 2.25. The van der Waals surface area contributed by atoms with Gasteiger partial charge in [-0.15, -0.1) is 0 Å². The van der Waals surface area contributed by atoms with E-state index in [0.29, 0.717) is 19.6 Å². The number of carbonyl (C=O) groups excluding carboxylic acids is 1. The van der Waals surface area contributed by atoms with Gasteiger partial charge in [0, 0.05) is 6.42 Å². The summed E-state index contributed by atoms with van der Waals surface area (Å²) in [6.07, 6.45) is 0.493. The van der Waals surface area contributed by atoms with Crippen LogP contribution in [-0.2, 0) is 11.4 Å². The van der Waals surface area contributed by atoms with E-state index < -0.39 is 0 Å². The number of fused-ring (bicyclic) bond motifs is 1. The van der Waals surface area contributed by atoms with Crippen LogP contribution in [0, 0.1) is 0 Å². The van der Waals surface area contributed by atoms with Gasteiger partial charge in [-0.2, -0.15) is 0 Å². The smallest absolute Gasteiger partial charge is 0.220 e. The van der Waals surface area contributed by atoms with Crippen LogP contribution in [0.3, 0.4) is 0 Å². The second-order valence-corrected chi connectivity index (χ2v) is 6.78. The lowest BCUT2D eigenvalue weighted by Crippen LogP contribution is -2.25. The van der Waals surface area contributed by atoms with Crippen LogP contribution in [0.2, 0.25) is 0 Å². The molecule has 3 aromatic carbocycles. The Kier molecular flexibility index (Phi) is 6.53. The molecule has 0 aliphatic carbocycles. The highest BCUT2D eigenvalue weighted by Gasteiger charge is 2.09. The van der Waals surface area contributed by atoms with E-state index in [1.54, 1.807) is 0 Å². The number of hydrogen-bond acceptors (Lipinski definition) is 3. The molecule has 3 aromatic rings. The second-order valence-electron chi connectivity index (χ2n) is 6.78. The molecule has 1 unspecified atom stereocenters. The Morgan fingerprint density at radius 2 is 1.57 bits per heavy atom. The van der Waals surface area contributed by atoms with Crippen LogP contribution < -0.4 is 14.8 Å². The third kappa shape index (κ3) is 5.03. The first-order valence-electron chi connectivity index (χ1n) is 9.76. The van der Waals surface area contributed by atoms with Gasteiger partial charge in [0.05, 0.1) is 12.6 Å². The van der Waals surface area contributed by atoms with Crippen LogP contribution in [0.25, 0.3) is 10.8 Å². The highest BCUT2D eigenvalue weighted by atomic mass is 16.5. The van der Waals surface area contributed by atoms with Crippen LogP contribution in [0.5, 0.6) is 11.5 Å². The van der Waals surface area contributed by atoms with Crippen LogP contribution >= 0.6 is 0 Å². The number of hydrogen-bond donors (Lipinski definition) is 1. The summed E-state index contributed by atoms with van der Waals surface area (Å²) < 4.78 is 11.4. The number of carbonyl (C=O) groups is 1. The van der Waals surface area contributed by atoms with Gasteiger partial charge in [0.15, 0.2) is 0 Å². The van der Waals surface area contributed by atoms with Gasteiger partial charge in [-0.05, 0) is 66.1 Å². The molecule has 4 heteroatoms. The van der Waals surface area contributed by atoms with E-state index in [-0.39, 0.29) is 11.9 Å². The third-order valence-electron chi connectivity index (χ3n) is 4.67. The molecule has 146 valence electrons. The van der Waals surface area contributed by atoms with E-state index in [2.05, 4.69) is 29.6 Å². The monoisotopic (exact) mass is 377 g/mol. The maximum absolute atomic E-state index is 11.6. The van der Waals surface area contributed by atoms with Gasteiger partial charge in [-0.25, -0.2) is 0 Å². The van der Waals surface area contributed by atoms with Crippen molar-refractivity contribution in [2.24, 2.45) is 0 Å². The minimum atomic E-state index is -0.00700. The zero-order valence-corrected chi connectivity index (χ0v) is 16.7. The van der Waals surface area contributed by atoms with Crippen LogP contribution in [-0.4, -0.2) is 12.5 Å². The molecule has 0 aliphatic rings.